The summed E-state index contributed by atoms with van der Waals surface area (Å²) >= 11 is 0. The lowest BCUT2D eigenvalue weighted by molar-refractivity contribution is 0.0696. The third-order valence-corrected chi connectivity index (χ3v) is 3.59. The molecule has 0 aliphatic rings. The first-order chi connectivity index (χ1) is 10.7. The number of aldehydes is 1. The Labute approximate surface area is 126 Å². The number of rotatable bonds is 5. The lowest BCUT2D eigenvalue weighted by Gasteiger charge is -2.15. The van der Waals surface area contributed by atoms with Gasteiger partial charge in [0, 0.05) is 17.6 Å². The first-order valence-electron chi connectivity index (χ1n) is 6.79. The number of aromatic carboxylic acids is 1. The largest absolute Gasteiger partial charge is 0.478 e. The number of hydrogen-bond acceptors (Lipinski definition) is 2. The number of benzene rings is 1. The molecule has 0 saturated heterocycles. The van der Waals surface area contributed by atoms with Crippen molar-refractivity contribution in [2.24, 2.45) is 0 Å². The Bertz CT molecular complexity index is 786. The van der Waals surface area contributed by atoms with E-state index in [-0.39, 0.29) is 11.5 Å². The van der Waals surface area contributed by atoms with E-state index in [1.165, 1.54) is 0 Å². The molecule has 2 aromatic heterocycles. The summed E-state index contributed by atoms with van der Waals surface area (Å²) in [5.41, 5.74) is 3.52. The minimum absolute atomic E-state index is 0.119. The van der Waals surface area contributed by atoms with Crippen LogP contribution in [0.2, 0.25) is 0 Å². The molecular formula is C17H14N2O3. The average molecular weight is 294 g/mol. The Morgan fingerprint density at radius 2 is 1.82 bits per heavy atom. The Kier molecular flexibility index (Phi) is 3.62. The van der Waals surface area contributed by atoms with Gasteiger partial charge in [0.1, 0.15) is 0 Å². The van der Waals surface area contributed by atoms with Gasteiger partial charge in [-0.05, 0) is 42.0 Å². The molecule has 0 radical (unpaired) electrons. The number of hydrogen-bond donors (Lipinski definition) is 3. The van der Waals surface area contributed by atoms with Gasteiger partial charge in [-0.25, -0.2) is 4.79 Å². The molecule has 5 heteroatoms. The van der Waals surface area contributed by atoms with E-state index in [1.807, 2.05) is 24.4 Å². The molecule has 3 rings (SSSR count). The van der Waals surface area contributed by atoms with E-state index < -0.39 is 5.97 Å². The van der Waals surface area contributed by atoms with Crippen LogP contribution in [-0.4, -0.2) is 27.3 Å². The summed E-state index contributed by atoms with van der Waals surface area (Å²) in [5, 5.41) is 9.00. The molecule has 0 fully saturated rings. The maximum atomic E-state index is 11.0. The van der Waals surface area contributed by atoms with Gasteiger partial charge in [-0.15, -0.1) is 0 Å². The van der Waals surface area contributed by atoms with Gasteiger partial charge < -0.3 is 15.1 Å². The quantitative estimate of drug-likeness (QED) is 0.632. The summed E-state index contributed by atoms with van der Waals surface area (Å²) < 4.78 is 0. The molecule has 22 heavy (non-hydrogen) atoms. The van der Waals surface area contributed by atoms with Gasteiger partial charge in [0.25, 0.3) is 0 Å². The van der Waals surface area contributed by atoms with Gasteiger partial charge in [-0.3, -0.25) is 4.79 Å². The van der Waals surface area contributed by atoms with Crippen molar-refractivity contribution in [2.45, 2.75) is 5.92 Å². The molecule has 0 saturated carbocycles. The fourth-order valence-corrected chi connectivity index (χ4v) is 2.54. The van der Waals surface area contributed by atoms with Crippen LogP contribution in [0.3, 0.4) is 0 Å². The van der Waals surface area contributed by atoms with E-state index in [9.17, 15) is 9.59 Å². The number of H-pyrrole nitrogens is 2. The number of aromatic nitrogens is 2. The van der Waals surface area contributed by atoms with Crippen molar-refractivity contribution in [1.82, 2.24) is 9.97 Å². The molecule has 2 heterocycles. The van der Waals surface area contributed by atoms with Crippen molar-refractivity contribution < 1.29 is 14.7 Å². The summed E-state index contributed by atoms with van der Waals surface area (Å²) in [6.07, 6.45) is 2.60. The number of carboxylic acids is 1. The van der Waals surface area contributed by atoms with Gasteiger partial charge >= 0.3 is 5.97 Å². The second kappa shape index (κ2) is 5.73. The molecule has 5 nitrogen and oxygen atoms in total. The van der Waals surface area contributed by atoms with Crippen molar-refractivity contribution in [1.29, 1.82) is 0 Å². The van der Waals surface area contributed by atoms with E-state index >= 15 is 0 Å². The molecule has 0 aliphatic heterocycles. The number of carboxylic acid groups (broad SMARTS) is 1. The Balaban J connectivity index is 2.05. The summed E-state index contributed by atoms with van der Waals surface area (Å²) in [7, 11) is 0. The van der Waals surface area contributed by atoms with Gasteiger partial charge in [0.15, 0.2) is 6.29 Å². The zero-order valence-electron chi connectivity index (χ0n) is 11.6. The molecule has 3 aromatic rings. The number of nitrogens with one attached hydrogen (secondary N) is 2. The van der Waals surface area contributed by atoms with Crippen LogP contribution in [0.25, 0.3) is 0 Å². The van der Waals surface area contributed by atoms with E-state index in [2.05, 4.69) is 9.97 Å². The highest BCUT2D eigenvalue weighted by Gasteiger charge is 2.19. The molecule has 3 N–H and O–H groups in total. The smallest absolute Gasteiger partial charge is 0.335 e. The maximum Gasteiger partial charge on any atom is 0.335 e. The molecule has 1 unspecified atom stereocenters. The first kappa shape index (κ1) is 13.9. The van der Waals surface area contributed by atoms with Crippen LogP contribution in [0.5, 0.6) is 0 Å². The highest BCUT2D eigenvalue weighted by atomic mass is 16.4. The third kappa shape index (κ3) is 2.56. The van der Waals surface area contributed by atoms with Gasteiger partial charge in [-0.1, -0.05) is 12.1 Å². The second-order valence-corrected chi connectivity index (χ2v) is 4.97. The van der Waals surface area contributed by atoms with E-state index in [4.69, 9.17) is 5.11 Å². The lowest BCUT2D eigenvalue weighted by Crippen LogP contribution is -2.05. The molecule has 0 spiro atoms. The van der Waals surface area contributed by atoms with Crippen LogP contribution in [-0.2, 0) is 0 Å². The summed E-state index contributed by atoms with van der Waals surface area (Å²) in [6.45, 7) is 0. The number of carbonyl (C=O) groups excluding carboxylic acids is 1. The van der Waals surface area contributed by atoms with Gasteiger partial charge in [-0.2, -0.15) is 0 Å². The van der Waals surface area contributed by atoms with Gasteiger partial charge in [0.2, 0.25) is 0 Å². The summed E-state index contributed by atoms with van der Waals surface area (Å²) in [4.78, 5) is 28.1. The van der Waals surface area contributed by atoms with E-state index in [1.54, 1.807) is 30.3 Å². The van der Waals surface area contributed by atoms with Crippen LogP contribution in [0.15, 0.2) is 54.7 Å². The fraction of sp³-hybridized carbons (Fsp3) is 0.0588. The standard InChI is InChI=1S/C17H14N2O3/c20-10-13-7-8-15(19-13)16(14-2-1-9-18-14)11-3-5-12(6-4-11)17(21)22/h1-10,16,18-19H,(H,21,22). The zero-order valence-corrected chi connectivity index (χ0v) is 11.6. The van der Waals surface area contributed by atoms with Crippen LogP contribution in [0.4, 0.5) is 0 Å². The maximum absolute atomic E-state index is 11.0. The Morgan fingerprint density at radius 1 is 1.05 bits per heavy atom. The zero-order chi connectivity index (χ0) is 15.5. The van der Waals surface area contributed by atoms with E-state index in [0.717, 1.165) is 23.2 Å². The number of carbonyl (C=O) groups is 2. The second-order valence-electron chi connectivity index (χ2n) is 4.97. The molecule has 0 bridgehead atoms. The summed E-state index contributed by atoms with van der Waals surface area (Å²) in [6, 6.07) is 14.2. The predicted octanol–water partition coefficient (Wildman–Crippen LogP) is 3.03. The Morgan fingerprint density at radius 3 is 2.36 bits per heavy atom. The fourth-order valence-electron chi connectivity index (χ4n) is 2.54. The predicted molar refractivity (Wildman–Crippen MR) is 81.3 cm³/mol. The minimum Gasteiger partial charge on any atom is -0.478 e. The van der Waals surface area contributed by atoms with E-state index in [0.29, 0.717) is 5.69 Å². The minimum atomic E-state index is -0.953. The first-order valence-corrected chi connectivity index (χ1v) is 6.79. The van der Waals surface area contributed by atoms with Crippen LogP contribution in [0, 0.1) is 0 Å². The molecule has 110 valence electrons. The molecule has 1 atom stereocenters. The third-order valence-electron chi connectivity index (χ3n) is 3.59. The van der Waals surface area contributed by atoms with Crippen molar-refractivity contribution in [3.05, 3.63) is 82.9 Å². The van der Waals surface area contributed by atoms with Crippen molar-refractivity contribution in [2.75, 3.05) is 0 Å². The van der Waals surface area contributed by atoms with Crippen molar-refractivity contribution >= 4 is 12.3 Å². The molecule has 0 aliphatic carbocycles. The SMILES string of the molecule is O=Cc1ccc(C(c2ccc(C(=O)O)cc2)c2ccc[nH]2)[nH]1. The van der Waals surface area contributed by atoms with Crippen LogP contribution < -0.4 is 0 Å². The molecule has 1 aromatic carbocycles. The van der Waals surface area contributed by atoms with Crippen LogP contribution >= 0.6 is 0 Å². The number of aromatic amines is 2. The van der Waals surface area contributed by atoms with Crippen LogP contribution in [0.1, 0.15) is 43.7 Å². The molecule has 0 amide bonds. The van der Waals surface area contributed by atoms with Gasteiger partial charge in [0.05, 0.1) is 17.2 Å². The lowest BCUT2D eigenvalue weighted by atomic mass is 9.92. The van der Waals surface area contributed by atoms with Crippen molar-refractivity contribution in [3.63, 3.8) is 0 Å². The highest BCUT2D eigenvalue weighted by molar-refractivity contribution is 5.87. The average Bonchev–Trinajstić information content (AvgIpc) is 3.20. The summed E-state index contributed by atoms with van der Waals surface area (Å²) in [5.74, 6) is -1.07. The topological polar surface area (TPSA) is 85.9 Å². The van der Waals surface area contributed by atoms with Crippen molar-refractivity contribution in [3.8, 4) is 0 Å². The molecular weight excluding hydrogens is 280 g/mol. The monoisotopic (exact) mass is 294 g/mol. The Hall–Kier alpha value is -3.08. The normalized spacial score (nSPS) is 12.0. The highest BCUT2D eigenvalue weighted by Crippen LogP contribution is 2.30.